The van der Waals surface area contributed by atoms with E-state index in [1.54, 1.807) is 31.2 Å². The van der Waals surface area contributed by atoms with Gasteiger partial charge in [-0.1, -0.05) is 6.07 Å². The Hall–Kier alpha value is -3.46. The number of nitro groups is 1. The number of esters is 1. The summed E-state index contributed by atoms with van der Waals surface area (Å²) in [5, 5.41) is 13.4. The molecule has 1 amide bonds. The van der Waals surface area contributed by atoms with Crippen molar-refractivity contribution in [1.82, 2.24) is 0 Å². The molecule has 30 heavy (non-hydrogen) atoms. The van der Waals surface area contributed by atoms with Crippen molar-refractivity contribution < 1.29 is 28.7 Å². The van der Waals surface area contributed by atoms with Gasteiger partial charge in [-0.05, 0) is 49.6 Å². The lowest BCUT2D eigenvalue weighted by Crippen LogP contribution is -2.21. The molecular formula is C21H22N2O7. The van der Waals surface area contributed by atoms with E-state index in [2.05, 4.69) is 5.32 Å². The van der Waals surface area contributed by atoms with E-state index in [0.29, 0.717) is 17.9 Å². The summed E-state index contributed by atoms with van der Waals surface area (Å²) in [6.07, 6.45) is 2.11. The molecular weight excluding hydrogens is 392 g/mol. The minimum Gasteiger partial charge on any atom is -0.491 e. The third-order valence-corrected chi connectivity index (χ3v) is 4.59. The van der Waals surface area contributed by atoms with E-state index in [1.807, 2.05) is 0 Å². The predicted molar refractivity (Wildman–Crippen MR) is 108 cm³/mol. The van der Waals surface area contributed by atoms with Crippen LogP contribution in [0.25, 0.3) is 0 Å². The van der Waals surface area contributed by atoms with Gasteiger partial charge in [0.2, 0.25) is 0 Å². The number of carbonyl (C=O) groups excluding carboxylic acids is 2. The second-order valence-electron chi connectivity index (χ2n) is 6.85. The number of nitro benzene ring substituents is 1. The molecule has 9 nitrogen and oxygen atoms in total. The smallest absolute Gasteiger partial charge is 0.338 e. The van der Waals surface area contributed by atoms with E-state index in [1.165, 1.54) is 18.2 Å². The quantitative estimate of drug-likeness (QED) is 0.400. The lowest BCUT2D eigenvalue weighted by atomic mass is 10.2. The van der Waals surface area contributed by atoms with Crippen LogP contribution in [0.3, 0.4) is 0 Å². The Balaban J connectivity index is 1.48. The zero-order valence-corrected chi connectivity index (χ0v) is 16.5. The van der Waals surface area contributed by atoms with Crippen molar-refractivity contribution >= 4 is 23.3 Å². The van der Waals surface area contributed by atoms with Crippen molar-refractivity contribution in [3.8, 4) is 5.75 Å². The van der Waals surface area contributed by atoms with Gasteiger partial charge in [-0.3, -0.25) is 14.9 Å². The van der Waals surface area contributed by atoms with Gasteiger partial charge in [0.15, 0.2) is 6.61 Å². The number of anilines is 1. The molecule has 0 aromatic heterocycles. The summed E-state index contributed by atoms with van der Waals surface area (Å²) in [4.78, 5) is 34.5. The Morgan fingerprint density at radius 3 is 2.67 bits per heavy atom. The molecule has 3 rings (SSSR count). The van der Waals surface area contributed by atoms with Crippen LogP contribution in [0.15, 0.2) is 42.5 Å². The molecule has 0 spiro atoms. The van der Waals surface area contributed by atoms with Gasteiger partial charge in [-0.25, -0.2) is 4.79 Å². The zero-order valence-electron chi connectivity index (χ0n) is 16.5. The number of rotatable bonds is 8. The standard InChI is InChI=1S/C21H22N2O7/c1-14-4-7-16(23(26)27)11-19(14)22-20(24)13-30-21(25)15-5-8-17(9-6-15)29-12-18-3-2-10-28-18/h4-9,11,18H,2-3,10,12-13H2,1H3,(H,22,24)/t18-/m1/s1. The monoisotopic (exact) mass is 414 g/mol. The van der Waals surface area contributed by atoms with Crippen LogP contribution in [0.2, 0.25) is 0 Å². The van der Waals surface area contributed by atoms with Crippen LogP contribution in [0.1, 0.15) is 28.8 Å². The summed E-state index contributed by atoms with van der Waals surface area (Å²) >= 11 is 0. The number of nitrogens with one attached hydrogen (secondary N) is 1. The van der Waals surface area contributed by atoms with Crippen LogP contribution in [0.4, 0.5) is 11.4 Å². The van der Waals surface area contributed by atoms with Crippen molar-refractivity contribution in [1.29, 1.82) is 0 Å². The summed E-state index contributed by atoms with van der Waals surface area (Å²) in [6, 6.07) is 10.5. The fourth-order valence-electron chi connectivity index (χ4n) is 2.91. The normalized spacial score (nSPS) is 15.4. The Morgan fingerprint density at radius 1 is 1.23 bits per heavy atom. The zero-order chi connectivity index (χ0) is 21.5. The van der Waals surface area contributed by atoms with Crippen LogP contribution in [-0.4, -0.2) is 42.7 Å². The number of nitrogens with zero attached hydrogens (tertiary/aromatic N) is 1. The minimum absolute atomic E-state index is 0.0999. The molecule has 0 saturated carbocycles. The average molecular weight is 414 g/mol. The molecule has 158 valence electrons. The summed E-state index contributed by atoms with van der Waals surface area (Å²) < 4.78 is 16.1. The Kier molecular flexibility index (Phi) is 6.97. The molecule has 1 aliphatic heterocycles. The summed E-state index contributed by atoms with van der Waals surface area (Å²) in [5.41, 5.74) is 1.07. The van der Waals surface area contributed by atoms with Crippen molar-refractivity contribution in [2.45, 2.75) is 25.9 Å². The third kappa shape index (κ3) is 5.77. The average Bonchev–Trinajstić information content (AvgIpc) is 3.26. The van der Waals surface area contributed by atoms with E-state index < -0.39 is 23.4 Å². The Labute approximate surface area is 173 Å². The van der Waals surface area contributed by atoms with Gasteiger partial charge in [-0.2, -0.15) is 0 Å². The van der Waals surface area contributed by atoms with Crippen LogP contribution >= 0.6 is 0 Å². The topological polar surface area (TPSA) is 117 Å². The largest absolute Gasteiger partial charge is 0.491 e. The van der Waals surface area contributed by atoms with Crippen LogP contribution in [0.5, 0.6) is 5.75 Å². The number of carbonyl (C=O) groups is 2. The number of ether oxygens (including phenoxy) is 3. The summed E-state index contributed by atoms with van der Waals surface area (Å²) in [7, 11) is 0. The molecule has 0 aliphatic carbocycles. The van der Waals surface area contributed by atoms with Crippen molar-refractivity contribution in [2.24, 2.45) is 0 Å². The molecule has 0 radical (unpaired) electrons. The second-order valence-corrected chi connectivity index (χ2v) is 6.85. The van der Waals surface area contributed by atoms with Gasteiger partial charge in [0.05, 0.1) is 22.3 Å². The fraction of sp³-hybridized carbons (Fsp3) is 0.333. The predicted octanol–water partition coefficient (Wildman–Crippen LogP) is 3.26. The minimum atomic E-state index is -0.661. The van der Waals surface area contributed by atoms with Gasteiger partial charge in [-0.15, -0.1) is 0 Å². The molecule has 2 aromatic carbocycles. The van der Waals surface area contributed by atoms with Crippen molar-refractivity contribution in [3.05, 3.63) is 63.7 Å². The summed E-state index contributed by atoms with van der Waals surface area (Å²) in [5.74, 6) is -0.643. The molecule has 2 aromatic rings. The van der Waals surface area contributed by atoms with Crippen LogP contribution < -0.4 is 10.1 Å². The highest BCUT2D eigenvalue weighted by Crippen LogP contribution is 2.22. The number of amides is 1. The van der Waals surface area contributed by atoms with Crippen LogP contribution in [-0.2, 0) is 14.3 Å². The lowest BCUT2D eigenvalue weighted by Gasteiger charge is -2.12. The first-order valence-electron chi connectivity index (χ1n) is 9.49. The molecule has 1 N–H and O–H groups in total. The molecule has 9 heteroatoms. The maximum Gasteiger partial charge on any atom is 0.338 e. The van der Waals surface area contributed by atoms with E-state index in [0.717, 1.165) is 19.4 Å². The van der Waals surface area contributed by atoms with Gasteiger partial charge < -0.3 is 19.5 Å². The van der Waals surface area contributed by atoms with E-state index in [-0.39, 0.29) is 23.0 Å². The lowest BCUT2D eigenvalue weighted by molar-refractivity contribution is -0.384. The molecule has 1 fully saturated rings. The van der Waals surface area contributed by atoms with E-state index >= 15 is 0 Å². The number of benzene rings is 2. The first-order chi connectivity index (χ1) is 14.4. The second kappa shape index (κ2) is 9.84. The Bertz CT molecular complexity index is 921. The van der Waals surface area contributed by atoms with E-state index in [4.69, 9.17) is 14.2 Å². The van der Waals surface area contributed by atoms with Gasteiger partial charge in [0, 0.05) is 18.7 Å². The van der Waals surface area contributed by atoms with Gasteiger partial charge in [0.25, 0.3) is 11.6 Å². The molecule has 1 aliphatic rings. The Morgan fingerprint density at radius 2 is 2.00 bits per heavy atom. The first kappa shape index (κ1) is 21.3. The summed E-state index contributed by atoms with van der Waals surface area (Å²) in [6.45, 7) is 2.40. The number of hydrogen-bond acceptors (Lipinski definition) is 7. The van der Waals surface area contributed by atoms with Crippen molar-refractivity contribution in [2.75, 3.05) is 25.1 Å². The number of non-ortho nitro benzene ring substituents is 1. The molecule has 1 heterocycles. The number of aryl methyl sites for hydroxylation is 1. The highest BCUT2D eigenvalue weighted by molar-refractivity contribution is 5.96. The molecule has 0 unspecified atom stereocenters. The number of hydrogen-bond donors (Lipinski definition) is 1. The first-order valence-corrected chi connectivity index (χ1v) is 9.49. The van der Waals surface area contributed by atoms with Crippen molar-refractivity contribution in [3.63, 3.8) is 0 Å². The highest BCUT2D eigenvalue weighted by Gasteiger charge is 2.17. The SMILES string of the molecule is Cc1ccc([N+](=O)[O-])cc1NC(=O)COC(=O)c1ccc(OC[C@H]2CCCO2)cc1. The third-order valence-electron chi connectivity index (χ3n) is 4.59. The van der Waals surface area contributed by atoms with Gasteiger partial charge in [0.1, 0.15) is 12.4 Å². The highest BCUT2D eigenvalue weighted by atomic mass is 16.6. The maximum atomic E-state index is 12.1. The molecule has 1 atom stereocenters. The molecule has 0 bridgehead atoms. The molecule has 1 saturated heterocycles. The maximum absolute atomic E-state index is 12.1. The van der Waals surface area contributed by atoms with E-state index in [9.17, 15) is 19.7 Å². The fourth-order valence-corrected chi connectivity index (χ4v) is 2.91. The van der Waals surface area contributed by atoms with Crippen LogP contribution in [0, 0.1) is 17.0 Å². The van der Waals surface area contributed by atoms with Gasteiger partial charge >= 0.3 is 5.97 Å².